The van der Waals surface area contributed by atoms with Crippen LogP contribution in [0.2, 0.25) is 0 Å². The number of nitriles is 2. The van der Waals surface area contributed by atoms with Crippen molar-refractivity contribution in [3.63, 3.8) is 0 Å². The highest BCUT2D eigenvalue weighted by Crippen LogP contribution is 2.57. The first-order chi connectivity index (χ1) is 23.2. The van der Waals surface area contributed by atoms with E-state index in [2.05, 4.69) is 121 Å². The third-order valence-corrected chi connectivity index (χ3v) is 9.45. The fourth-order valence-electron chi connectivity index (χ4n) is 7.44. The van der Waals surface area contributed by atoms with Crippen LogP contribution < -0.4 is 0 Å². The standard InChI is InChI=1S/C45H28N2/c46-29-34-18-13-23-43-44(34)40-26-33(24-25-42(40)45(43,36-19-9-3-10-20-36)37-21-11-4-12-22-37)35-27-38(31-14-5-1-6-15-31)41(30-47)39(28-35)32-16-7-2-8-17-32/h1-28H. The van der Waals surface area contributed by atoms with Gasteiger partial charge in [-0.15, -0.1) is 0 Å². The van der Waals surface area contributed by atoms with Gasteiger partial charge in [-0.2, -0.15) is 10.5 Å². The van der Waals surface area contributed by atoms with E-state index >= 15 is 0 Å². The minimum Gasteiger partial charge on any atom is -0.192 e. The van der Waals surface area contributed by atoms with Gasteiger partial charge in [-0.1, -0.05) is 146 Å². The average Bonchev–Trinajstić information content (AvgIpc) is 3.46. The third-order valence-electron chi connectivity index (χ3n) is 9.45. The van der Waals surface area contributed by atoms with Gasteiger partial charge >= 0.3 is 0 Å². The maximum absolute atomic E-state index is 10.5. The Morgan fingerprint density at radius 3 is 1.40 bits per heavy atom. The van der Waals surface area contributed by atoms with Crippen molar-refractivity contribution < 1.29 is 0 Å². The van der Waals surface area contributed by atoms with E-state index < -0.39 is 5.41 Å². The topological polar surface area (TPSA) is 47.6 Å². The summed E-state index contributed by atoms with van der Waals surface area (Å²) in [4.78, 5) is 0. The molecule has 8 rings (SSSR count). The molecule has 47 heavy (non-hydrogen) atoms. The monoisotopic (exact) mass is 596 g/mol. The molecule has 1 aliphatic carbocycles. The summed E-state index contributed by atoms with van der Waals surface area (Å²) in [6.45, 7) is 0. The van der Waals surface area contributed by atoms with E-state index in [-0.39, 0.29) is 0 Å². The largest absolute Gasteiger partial charge is 0.192 e. The molecule has 0 unspecified atom stereocenters. The summed E-state index contributed by atoms with van der Waals surface area (Å²) >= 11 is 0. The molecule has 0 saturated heterocycles. The lowest BCUT2D eigenvalue weighted by molar-refractivity contribution is 0.768. The summed E-state index contributed by atoms with van der Waals surface area (Å²) < 4.78 is 0. The molecule has 0 bridgehead atoms. The molecule has 0 N–H and O–H groups in total. The Kier molecular flexibility index (Phi) is 6.84. The van der Waals surface area contributed by atoms with Gasteiger partial charge in [0.1, 0.15) is 6.07 Å². The summed E-state index contributed by atoms with van der Waals surface area (Å²) in [5.41, 5.74) is 13.1. The van der Waals surface area contributed by atoms with E-state index in [9.17, 15) is 10.5 Å². The first-order valence-corrected chi connectivity index (χ1v) is 15.7. The number of fused-ring (bicyclic) bond motifs is 3. The molecule has 0 spiro atoms. The summed E-state index contributed by atoms with van der Waals surface area (Å²) in [6, 6.07) is 63.6. The van der Waals surface area contributed by atoms with Crippen molar-refractivity contribution in [3.8, 4) is 56.6 Å². The second-order valence-electron chi connectivity index (χ2n) is 11.9. The van der Waals surface area contributed by atoms with Crippen LogP contribution in [0, 0.1) is 22.7 Å². The van der Waals surface area contributed by atoms with Crippen molar-refractivity contribution in [2.75, 3.05) is 0 Å². The number of hydrogen-bond donors (Lipinski definition) is 0. The zero-order valence-corrected chi connectivity index (χ0v) is 25.6. The first kappa shape index (κ1) is 28.0. The van der Waals surface area contributed by atoms with Crippen molar-refractivity contribution in [1.29, 1.82) is 10.5 Å². The van der Waals surface area contributed by atoms with Gasteiger partial charge in [-0.25, -0.2) is 0 Å². The molecular formula is C45H28N2. The lowest BCUT2D eigenvalue weighted by Crippen LogP contribution is -2.28. The quantitative estimate of drug-likeness (QED) is 0.198. The second-order valence-corrected chi connectivity index (χ2v) is 11.9. The van der Waals surface area contributed by atoms with Crippen molar-refractivity contribution in [2.45, 2.75) is 5.41 Å². The van der Waals surface area contributed by atoms with E-state index in [4.69, 9.17) is 0 Å². The van der Waals surface area contributed by atoms with Crippen LogP contribution in [0.3, 0.4) is 0 Å². The minimum absolute atomic E-state index is 0.590. The zero-order valence-electron chi connectivity index (χ0n) is 25.6. The van der Waals surface area contributed by atoms with E-state index in [1.54, 1.807) is 0 Å². The van der Waals surface area contributed by atoms with Crippen LogP contribution in [0.1, 0.15) is 33.4 Å². The summed E-state index contributed by atoms with van der Waals surface area (Å²) in [7, 11) is 0. The smallest absolute Gasteiger partial charge is 0.100 e. The Labute approximate surface area is 275 Å². The van der Waals surface area contributed by atoms with Gasteiger partial charge in [0.15, 0.2) is 0 Å². The molecule has 7 aromatic rings. The Balaban J connectivity index is 1.44. The molecule has 0 radical (unpaired) electrons. The van der Waals surface area contributed by atoms with Crippen LogP contribution in [-0.4, -0.2) is 0 Å². The normalized spacial score (nSPS) is 12.4. The van der Waals surface area contributed by atoms with Crippen molar-refractivity contribution in [1.82, 2.24) is 0 Å². The molecule has 2 nitrogen and oxygen atoms in total. The molecule has 0 fully saturated rings. The predicted molar refractivity (Wildman–Crippen MR) is 189 cm³/mol. The Hall–Kier alpha value is -6.48. The van der Waals surface area contributed by atoms with Gasteiger partial charge in [0.05, 0.1) is 22.6 Å². The van der Waals surface area contributed by atoms with Crippen LogP contribution in [0.25, 0.3) is 44.5 Å². The summed E-state index contributed by atoms with van der Waals surface area (Å²) in [5.74, 6) is 0. The van der Waals surface area contributed by atoms with Crippen LogP contribution in [0.15, 0.2) is 170 Å². The Morgan fingerprint density at radius 1 is 0.383 bits per heavy atom. The fraction of sp³-hybridized carbons (Fsp3) is 0.0222. The van der Waals surface area contributed by atoms with Gasteiger partial charge in [0, 0.05) is 16.7 Å². The molecule has 7 aromatic carbocycles. The molecule has 218 valence electrons. The van der Waals surface area contributed by atoms with E-state index in [0.717, 1.165) is 66.8 Å². The molecule has 0 heterocycles. The Bertz CT molecular complexity index is 2240. The number of rotatable bonds is 5. The highest BCUT2D eigenvalue weighted by molar-refractivity contribution is 5.93. The first-order valence-electron chi connectivity index (χ1n) is 15.7. The molecule has 0 atom stereocenters. The van der Waals surface area contributed by atoms with Gasteiger partial charge < -0.3 is 0 Å². The average molecular weight is 597 g/mol. The lowest BCUT2D eigenvalue weighted by atomic mass is 9.67. The van der Waals surface area contributed by atoms with Gasteiger partial charge in [-0.05, 0) is 74.3 Å². The van der Waals surface area contributed by atoms with Crippen LogP contribution in [0.4, 0.5) is 0 Å². The molecular weight excluding hydrogens is 569 g/mol. The van der Waals surface area contributed by atoms with Crippen molar-refractivity contribution in [3.05, 3.63) is 203 Å². The van der Waals surface area contributed by atoms with Crippen LogP contribution in [-0.2, 0) is 5.41 Å². The summed E-state index contributed by atoms with van der Waals surface area (Å²) in [6.07, 6.45) is 0. The van der Waals surface area contributed by atoms with Gasteiger partial charge in [0.25, 0.3) is 0 Å². The molecule has 1 aliphatic rings. The zero-order chi connectivity index (χ0) is 31.8. The molecule has 0 aliphatic heterocycles. The van der Waals surface area contributed by atoms with Crippen LogP contribution >= 0.6 is 0 Å². The van der Waals surface area contributed by atoms with Crippen LogP contribution in [0.5, 0.6) is 0 Å². The SMILES string of the molecule is N#Cc1cccc2c1-c1cc(-c3cc(-c4ccccc4)c(C#N)c(-c4ccccc4)c3)ccc1C2(c1ccccc1)c1ccccc1. The lowest BCUT2D eigenvalue weighted by Gasteiger charge is -2.34. The number of hydrogen-bond acceptors (Lipinski definition) is 2. The van der Waals surface area contributed by atoms with Gasteiger partial charge in [-0.3, -0.25) is 0 Å². The second kappa shape index (κ2) is 11.5. The third kappa shape index (κ3) is 4.39. The molecule has 2 heteroatoms. The minimum atomic E-state index is -0.590. The van der Waals surface area contributed by atoms with Gasteiger partial charge in [0.2, 0.25) is 0 Å². The predicted octanol–water partition coefficient (Wildman–Crippen LogP) is 10.8. The molecule has 0 amide bonds. The molecule has 0 aromatic heterocycles. The number of benzene rings is 7. The van der Waals surface area contributed by atoms with Crippen molar-refractivity contribution >= 4 is 0 Å². The highest BCUT2D eigenvalue weighted by Gasteiger charge is 2.47. The van der Waals surface area contributed by atoms with E-state index in [1.165, 1.54) is 0 Å². The molecule has 0 saturated carbocycles. The van der Waals surface area contributed by atoms with Crippen molar-refractivity contribution in [2.24, 2.45) is 0 Å². The fourth-order valence-corrected chi connectivity index (χ4v) is 7.44. The summed E-state index contributed by atoms with van der Waals surface area (Å²) in [5, 5.41) is 20.9. The number of nitrogens with zero attached hydrogens (tertiary/aromatic N) is 2. The highest BCUT2D eigenvalue weighted by atomic mass is 14.5. The maximum atomic E-state index is 10.5. The maximum Gasteiger partial charge on any atom is 0.100 e. The van der Waals surface area contributed by atoms with E-state index in [0.29, 0.717) is 11.1 Å². The van der Waals surface area contributed by atoms with E-state index in [1.807, 2.05) is 60.7 Å². The Morgan fingerprint density at radius 2 is 0.894 bits per heavy atom.